The summed E-state index contributed by atoms with van der Waals surface area (Å²) in [6.45, 7) is 10.2. The van der Waals surface area contributed by atoms with Gasteiger partial charge in [0, 0.05) is 45.2 Å². The van der Waals surface area contributed by atoms with Crippen molar-refractivity contribution in [1.29, 1.82) is 0 Å². The molecule has 0 aromatic heterocycles. The second-order valence-corrected chi connectivity index (χ2v) is 8.97. The first kappa shape index (κ1) is 21.1. The number of nitrogens with zero attached hydrogens (tertiary/aromatic N) is 3. The van der Waals surface area contributed by atoms with Gasteiger partial charge >= 0.3 is 0 Å². The van der Waals surface area contributed by atoms with Crippen molar-refractivity contribution in [1.82, 2.24) is 14.7 Å². The molecule has 2 saturated heterocycles. The predicted octanol–water partition coefficient (Wildman–Crippen LogP) is 3.85. The zero-order valence-electron chi connectivity index (χ0n) is 18.2. The molecule has 4 heteroatoms. The maximum atomic E-state index is 13.1. The second kappa shape index (κ2) is 10.2. The van der Waals surface area contributed by atoms with Crippen molar-refractivity contribution in [2.75, 3.05) is 45.8 Å². The van der Waals surface area contributed by atoms with Crippen LogP contribution in [0.25, 0.3) is 0 Å². The molecular formula is C26H35N3O. The Morgan fingerprint density at radius 3 is 2.07 bits per heavy atom. The highest BCUT2D eigenvalue weighted by Crippen LogP contribution is 2.24. The SMILES string of the molecule is C[C@@H](CN1CCC(C(=O)N2CCN(Cc3ccccc3)CC2)CC1)c1ccccc1. The lowest BCUT2D eigenvalue weighted by Gasteiger charge is -2.39. The molecule has 4 rings (SSSR count). The third-order valence-corrected chi connectivity index (χ3v) is 6.77. The van der Waals surface area contributed by atoms with Crippen LogP contribution in [0.4, 0.5) is 0 Å². The van der Waals surface area contributed by atoms with Gasteiger partial charge in [0.2, 0.25) is 5.91 Å². The van der Waals surface area contributed by atoms with Gasteiger partial charge in [-0.15, -0.1) is 0 Å². The molecule has 0 saturated carbocycles. The van der Waals surface area contributed by atoms with E-state index in [4.69, 9.17) is 0 Å². The van der Waals surface area contributed by atoms with E-state index < -0.39 is 0 Å². The van der Waals surface area contributed by atoms with Crippen LogP contribution in [0.2, 0.25) is 0 Å². The van der Waals surface area contributed by atoms with Crippen LogP contribution in [0.15, 0.2) is 60.7 Å². The van der Waals surface area contributed by atoms with Crippen molar-refractivity contribution < 1.29 is 4.79 Å². The van der Waals surface area contributed by atoms with Crippen LogP contribution in [-0.4, -0.2) is 66.4 Å². The number of hydrogen-bond acceptors (Lipinski definition) is 3. The van der Waals surface area contributed by atoms with E-state index >= 15 is 0 Å². The highest BCUT2D eigenvalue weighted by Gasteiger charge is 2.30. The number of piperidine rings is 1. The number of carbonyl (C=O) groups excluding carboxylic acids is 1. The minimum Gasteiger partial charge on any atom is -0.340 e. The third-order valence-electron chi connectivity index (χ3n) is 6.77. The summed E-state index contributed by atoms with van der Waals surface area (Å²) < 4.78 is 0. The average Bonchev–Trinajstić information content (AvgIpc) is 2.81. The van der Waals surface area contributed by atoms with Gasteiger partial charge in [-0.05, 0) is 43.0 Å². The molecule has 0 aliphatic carbocycles. The van der Waals surface area contributed by atoms with E-state index in [-0.39, 0.29) is 5.92 Å². The number of benzene rings is 2. The molecule has 2 aromatic rings. The molecule has 2 fully saturated rings. The Morgan fingerprint density at radius 2 is 1.43 bits per heavy atom. The molecular weight excluding hydrogens is 370 g/mol. The molecule has 0 radical (unpaired) electrons. The summed E-state index contributed by atoms with van der Waals surface area (Å²) in [6, 6.07) is 21.4. The van der Waals surface area contributed by atoms with E-state index in [0.717, 1.165) is 65.2 Å². The number of rotatable bonds is 6. The van der Waals surface area contributed by atoms with Gasteiger partial charge in [0.1, 0.15) is 0 Å². The number of likely N-dealkylation sites (tertiary alicyclic amines) is 1. The van der Waals surface area contributed by atoms with Crippen molar-refractivity contribution in [3.05, 3.63) is 71.8 Å². The summed E-state index contributed by atoms with van der Waals surface area (Å²) in [4.78, 5) is 20.2. The lowest BCUT2D eigenvalue weighted by atomic mass is 9.93. The quantitative estimate of drug-likeness (QED) is 0.730. The number of amides is 1. The van der Waals surface area contributed by atoms with Gasteiger partial charge in [0.15, 0.2) is 0 Å². The molecule has 2 aliphatic rings. The molecule has 2 heterocycles. The van der Waals surface area contributed by atoms with Crippen LogP contribution in [0, 0.1) is 5.92 Å². The summed E-state index contributed by atoms with van der Waals surface area (Å²) in [5.74, 6) is 1.15. The van der Waals surface area contributed by atoms with Crippen LogP contribution >= 0.6 is 0 Å². The van der Waals surface area contributed by atoms with Crippen LogP contribution < -0.4 is 0 Å². The molecule has 2 aliphatic heterocycles. The predicted molar refractivity (Wildman–Crippen MR) is 122 cm³/mol. The highest BCUT2D eigenvalue weighted by atomic mass is 16.2. The third kappa shape index (κ3) is 5.50. The average molecular weight is 406 g/mol. The minimum absolute atomic E-state index is 0.217. The lowest BCUT2D eigenvalue weighted by molar-refractivity contribution is -0.139. The van der Waals surface area contributed by atoms with Crippen molar-refractivity contribution in [3.8, 4) is 0 Å². The largest absolute Gasteiger partial charge is 0.340 e. The standard InChI is InChI=1S/C26H35N3O/c1-22(24-10-6-3-7-11-24)20-27-14-12-25(13-15-27)26(30)29-18-16-28(17-19-29)21-23-8-4-2-5-9-23/h2-11,22,25H,12-21H2,1H3/t22-/m0/s1. The van der Waals surface area contributed by atoms with Crippen molar-refractivity contribution in [2.45, 2.75) is 32.2 Å². The maximum absolute atomic E-state index is 13.1. The zero-order valence-corrected chi connectivity index (χ0v) is 18.2. The summed E-state index contributed by atoms with van der Waals surface area (Å²) in [5.41, 5.74) is 2.76. The fourth-order valence-electron chi connectivity index (χ4n) is 4.86. The van der Waals surface area contributed by atoms with Crippen LogP contribution in [-0.2, 0) is 11.3 Å². The molecule has 1 atom stereocenters. The molecule has 0 spiro atoms. The van der Waals surface area contributed by atoms with Crippen molar-refractivity contribution in [2.24, 2.45) is 5.92 Å². The second-order valence-electron chi connectivity index (χ2n) is 8.97. The number of carbonyl (C=O) groups is 1. The Morgan fingerprint density at radius 1 is 0.833 bits per heavy atom. The molecule has 0 unspecified atom stereocenters. The number of piperazine rings is 1. The Kier molecular flexibility index (Phi) is 7.19. The van der Waals surface area contributed by atoms with Crippen molar-refractivity contribution in [3.63, 3.8) is 0 Å². The van der Waals surface area contributed by atoms with Gasteiger partial charge in [0.25, 0.3) is 0 Å². The first-order valence-electron chi connectivity index (χ1n) is 11.5. The molecule has 30 heavy (non-hydrogen) atoms. The Bertz CT molecular complexity index is 778. The maximum Gasteiger partial charge on any atom is 0.225 e. The Hall–Kier alpha value is -2.17. The fourth-order valence-corrected chi connectivity index (χ4v) is 4.86. The summed E-state index contributed by atoms with van der Waals surface area (Å²) in [6.07, 6.45) is 2.01. The number of hydrogen-bond donors (Lipinski definition) is 0. The van der Waals surface area contributed by atoms with E-state index in [2.05, 4.69) is 82.3 Å². The van der Waals surface area contributed by atoms with Gasteiger partial charge in [0.05, 0.1) is 0 Å². The van der Waals surface area contributed by atoms with Crippen molar-refractivity contribution >= 4 is 5.91 Å². The van der Waals surface area contributed by atoms with E-state index in [1.807, 2.05) is 0 Å². The molecule has 0 bridgehead atoms. The van der Waals surface area contributed by atoms with Gasteiger partial charge in [-0.25, -0.2) is 0 Å². The Balaban J connectivity index is 1.19. The summed E-state index contributed by atoms with van der Waals surface area (Å²) in [5, 5.41) is 0. The normalized spacial score (nSPS) is 20.2. The van der Waals surface area contributed by atoms with E-state index in [9.17, 15) is 4.79 Å². The Labute approximate surface area is 181 Å². The van der Waals surface area contributed by atoms with E-state index in [1.165, 1.54) is 11.1 Å². The van der Waals surface area contributed by atoms with Crippen LogP contribution in [0.1, 0.15) is 36.8 Å². The van der Waals surface area contributed by atoms with E-state index in [1.54, 1.807) is 0 Å². The zero-order chi connectivity index (χ0) is 20.8. The highest BCUT2D eigenvalue weighted by molar-refractivity contribution is 5.79. The fraction of sp³-hybridized carbons (Fsp3) is 0.500. The van der Waals surface area contributed by atoms with Gasteiger partial charge < -0.3 is 9.80 Å². The molecule has 4 nitrogen and oxygen atoms in total. The molecule has 1 amide bonds. The van der Waals surface area contributed by atoms with Crippen LogP contribution in [0.5, 0.6) is 0 Å². The minimum atomic E-state index is 0.217. The smallest absolute Gasteiger partial charge is 0.225 e. The molecule has 2 aromatic carbocycles. The monoisotopic (exact) mass is 405 g/mol. The van der Waals surface area contributed by atoms with Gasteiger partial charge in [-0.2, -0.15) is 0 Å². The topological polar surface area (TPSA) is 26.8 Å². The van der Waals surface area contributed by atoms with Gasteiger partial charge in [-0.3, -0.25) is 9.69 Å². The first-order valence-corrected chi connectivity index (χ1v) is 11.5. The molecule has 0 N–H and O–H groups in total. The van der Waals surface area contributed by atoms with Crippen LogP contribution in [0.3, 0.4) is 0 Å². The summed E-state index contributed by atoms with van der Waals surface area (Å²) >= 11 is 0. The molecule has 160 valence electrons. The summed E-state index contributed by atoms with van der Waals surface area (Å²) in [7, 11) is 0. The van der Waals surface area contributed by atoms with E-state index in [0.29, 0.717) is 11.8 Å². The lowest BCUT2D eigenvalue weighted by Crippen LogP contribution is -2.51. The first-order chi connectivity index (χ1) is 14.7. The van der Waals surface area contributed by atoms with Gasteiger partial charge in [-0.1, -0.05) is 67.6 Å².